The topological polar surface area (TPSA) is 26.3 Å². The molecule has 0 heterocycles. The number of ketones is 1. The lowest BCUT2D eigenvalue weighted by Crippen LogP contribution is -1.98. The molecule has 16 heavy (non-hydrogen) atoms. The van der Waals surface area contributed by atoms with Crippen LogP contribution in [0.25, 0.3) is 0 Å². The fourth-order valence-corrected chi connectivity index (χ4v) is 1.37. The minimum Gasteiger partial charge on any atom is -0.462 e. The maximum Gasteiger partial charge on any atom is 0.155 e. The highest BCUT2D eigenvalue weighted by Gasteiger charge is 2.01. The Kier molecular flexibility index (Phi) is 5.34. The molecular formula is C14H18O2. The second-order valence-electron chi connectivity index (χ2n) is 3.74. The monoisotopic (exact) mass is 218 g/mol. The molecule has 0 aromatic heterocycles. The van der Waals surface area contributed by atoms with Gasteiger partial charge >= 0.3 is 0 Å². The smallest absolute Gasteiger partial charge is 0.155 e. The molecule has 2 nitrogen and oxygen atoms in total. The van der Waals surface area contributed by atoms with Gasteiger partial charge in [0.15, 0.2) is 5.78 Å². The van der Waals surface area contributed by atoms with Gasteiger partial charge in [0, 0.05) is 12.5 Å². The molecule has 0 aliphatic carbocycles. The maximum atomic E-state index is 11.1. The van der Waals surface area contributed by atoms with Crippen molar-refractivity contribution in [2.75, 3.05) is 0 Å². The highest BCUT2D eigenvalue weighted by molar-refractivity contribution is 5.87. The van der Waals surface area contributed by atoms with E-state index < -0.39 is 0 Å². The van der Waals surface area contributed by atoms with Crippen LogP contribution in [-0.2, 0) is 4.79 Å². The predicted octanol–water partition coefficient (Wildman–Crippen LogP) is 3.73. The molecule has 86 valence electrons. The van der Waals surface area contributed by atoms with E-state index in [1.165, 1.54) is 0 Å². The first-order chi connectivity index (χ1) is 7.72. The van der Waals surface area contributed by atoms with Crippen LogP contribution in [0.3, 0.4) is 0 Å². The predicted molar refractivity (Wildman–Crippen MR) is 65.4 cm³/mol. The standard InChI is InChI=1S/C14H18O2/c1-3-4-8-14(11-12(2)15)16-13-9-6-5-7-10-13/h5-7,9-11H,3-4,8H2,1-2H3/b14-11+. The Morgan fingerprint density at radius 3 is 2.56 bits per heavy atom. The molecule has 0 spiro atoms. The van der Waals surface area contributed by atoms with Crippen LogP contribution in [0.4, 0.5) is 0 Å². The van der Waals surface area contributed by atoms with E-state index in [1.807, 2.05) is 30.3 Å². The molecule has 1 aromatic rings. The molecule has 0 atom stereocenters. The van der Waals surface area contributed by atoms with Crippen LogP contribution in [0.5, 0.6) is 5.75 Å². The van der Waals surface area contributed by atoms with Crippen molar-refractivity contribution < 1.29 is 9.53 Å². The van der Waals surface area contributed by atoms with Crippen LogP contribution in [0.2, 0.25) is 0 Å². The highest BCUT2D eigenvalue weighted by Crippen LogP contribution is 2.16. The summed E-state index contributed by atoms with van der Waals surface area (Å²) in [7, 11) is 0. The van der Waals surface area contributed by atoms with Gasteiger partial charge in [-0.3, -0.25) is 4.79 Å². The minimum absolute atomic E-state index is 0.0297. The number of carbonyl (C=O) groups excluding carboxylic acids is 1. The summed E-state index contributed by atoms with van der Waals surface area (Å²) in [5.41, 5.74) is 0. The first kappa shape index (κ1) is 12.5. The summed E-state index contributed by atoms with van der Waals surface area (Å²) in [6.45, 7) is 3.66. The van der Waals surface area contributed by atoms with Gasteiger partial charge in [0.05, 0.1) is 0 Å². The lowest BCUT2D eigenvalue weighted by atomic mass is 10.2. The van der Waals surface area contributed by atoms with Gasteiger partial charge in [0.1, 0.15) is 11.5 Å². The van der Waals surface area contributed by atoms with E-state index in [1.54, 1.807) is 13.0 Å². The average Bonchev–Trinajstić information content (AvgIpc) is 2.26. The Morgan fingerprint density at radius 2 is 2.00 bits per heavy atom. The lowest BCUT2D eigenvalue weighted by molar-refractivity contribution is -0.112. The molecule has 2 heteroatoms. The van der Waals surface area contributed by atoms with Crippen molar-refractivity contribution in [2.45, 2.75) is 33.1 Å². The molecule has 0 radical (unpaired) electrons. The van der Waals surface area contributed by atoms with Crippen LogP contribution in [0.15, 0.2) is 42.2 Å². The van der Waals surface area contributed by atoms with E-state index in [4.69, 9.17) is 4.74 Å². The molecule has 0 saturated heterocycles. The number of benzene rings is 1. The van der Waals surface area contributed by atoms with Crippen molar-refractivity contribution >= 4 is 5.78 Å². The molecule has 0 saturated carbocycles. The zero-order valence-electron chi connectivity index (χ0n) is 9.90. The summed E-state index contributed by atoms with van der Waals surface area (Å²) in [5.74, 6) is 1.56. The number of unbranched alkanes of at least 4 members (excludes halogenated alkanes) is 1. The Hall–Kier alpha value is -1.57. The molecule has 0 aliphatic rings. The zero-order chi connectivity index (χ0) is 11.8. The van der Waals surface area contributed by atoms with E-state index in [0.717, 1.165) is 30.8 Å². The Balaban J connectivity index is 2.67. The third-order valence-corrected chi connectivity index (χ3v) is 2.13. The summed E-state index contributed by atoms with van der Waals surface area (Å²) in [4.78, 5) is 11.1. The number of rotatable bonds is 6. The fraction of sp³-hybridized carbons (Fsp3) is 0.357. The van der Waals surface area contributed by atoms with E-state index in [2.05, 4.69) is 6.92 Å². The summed E-state index contributed by atoms with van der Waals surface area (Å²) in [5, 5.41) is 0. The Morgan fingerprint density at radius 1 is 1.31 bits per heavy atom. The first-order valence-electron chi connectivity index (χ1n) is 5.66. The number of hydrogen-bond donors (Lipinski definition) is 0. The van der Waals surface area contributed by atoms with E-state index in [9.17, 15) is 4.79 Å². The molecular weight excluding hydrogens is 200 g/mol. The summed E-state index contributed by atoms with van der Waals surface area (Å²) in [6.07, 6.45) is 4.51. The molecule has 0 unspecified atom stereocenters. The number of carbonyl (C=O) groups is 1. The van der Waals surface area contributed by atoms with Crippen LogP contribution < -0.4 is 4.74 Å². The van der Waals surface area contributed by atoms with Gasteiger partial charge in [-0.05, 0) is 25.5 Å². The molecule has 0 fully saturated rings. The number of hydrogen-bond acceptors (Lipinski definition) is 2. The molecule has 0 amide bonds. The van der Waals surface area contributed by atoms with Crippen molar-refractivity contribution in [3.63, 3.8) is 0 Å². The van der Waals surface area contributed by atoms with Crippen molar-refractivity contribution in [3.05, 3.63) is 42.2 Å². The van der Waals surface area contributed by atoms with Gasteiger partial charge in [-0.1, -0.05) is 31.5 Å². The van der Waals surface area contributed by atoms with Gasteiger partial charge < -0.3 is 4.74 Å². The van der Waals surface area contributed by atoms with Gasteiger partial charge in [0.2, 0.25) is 0 Å². The summed E-state index contributed by atoms with van der Waals surface area (Å²) >= 11 is 0. The van der Waals surface area contributed by atoms with E-state index in [-0.39, 0.29) is 5.78 Å². The normalized spacial score (nSPS) is 11.2. The van der Waals surface area contributed by atoms with Crippen LogP contribution in [0, 0.1) is 0 Å². The molecule has 0 bridgehead atoms. The third-order valence-electron chi connectivity index (χ3n) is 2.13. The molecule has 1 aromatic carbocycles. The maximum absolute atomic E-state index is 11.1. The third kappa shape index (κ3) is 4.78. The quantitative estimate of drug-likeness (QED) is 0.537. The number of allylic oxidation sites excluding steroid dienone is 2. The van der Waals surface area contributed by atoms with Gasteiger partial charge in [-0.25, -0.2) is 0 Å². The second-order valence-corrected chi connectivity index (χ2v) is 3.74. The minimum atomic E-state index is 0.0297. The van der Waals surface area contributed by atoms with E-state index in [0.29, 0.717) is 0 Å². The Bertz CT molecular complexity index is 352. The van der Waals surface area contributed by atoms with E-state index >= 15 is 0 Å². The van der Waals surface area contributed by atoms with Crippen LogP contribution in [-0.4, -0.2) is 5.78 Å². The van der Waals surface area contributed by atoms with Crippen molar-refractivity contribution in [1.29, 1.82) is 0 Å². The summed E-state index contributed by atoms with van der Waals surface area (Å²) < 4.78 is 5.67. The Labute approximate surface area is 96.9 Å². The van der Waals surface area contributed by atoms with Crippen molar-refractivity contribution in [2.24, 2.45) is 0 Å². The average molecular weight is 218 g/mol. The van der Waals surface area contributed by atoms with Crippen molar-refractivity contribution in [1.82, 2.24) is 0 Å². The van der Waals surface area contributed by atoms with Crippen LogP contribution in [0.1, 0.15) is 33.1 Å². The molecule has 0 aliphatic heterocycles. The van der Waals surface area contributed by atoms with Crippen molar-refractivity contribution in [3.8, 4) is 5.75 Å². The van der Waals surface area contributed by atoms with Gasteiger partial charge in [0.25, 0.3) is 0 Å². The first-order valence-corrected chi connectivity index (χ1v) is 5.66. The highest BCUT2D eigenvalue weighted by atomic mass is 16.5. The largest absolute Gasteiger partial charge is 0.462 e. The fourth-order valence-electron chi connectivity index (χ4n) is 1.37. The second kappa shape index (κ2) is 6.83. The lowest BCUT2D eigenvalue weighted by Gasteiger charge is -2.09. The van der Waals surface area contributed by atoms with Crippen LogP contribution >= 0.6 is 0 Å². The number of ether oxygens (including phenoxy) is 1. The van der Waals surface area contributed by atoms with Gasteiger partial charge in [-0.15, -0.1) is 0 Å². The molecule has 0 N–H and O–H groups in total. The zero-order valence-corrected chi connectivity index (χ0v) is 9.90. The SMILES string of the molecule is CCCC/C(=C\C(C)=O)Oc1ccccc1. The summed E-state index contributed by atoms with van der Waals surface area (Å²) in [6, 6.07) is 9.55. The number of para-hydroxylation sites is 1. The molecule has 1 rings (SSSR count). The van der Waals surface area contributed by atoms with Gasteiger partial charge in [-0.2, -0.15) is 0 Å².